The Labute approximate surface area is 145 Å². The molecule has 1 aliphatic rings. The molecule has 130 valence electrons. The highest BCUT2D eigenvalue weighted by Crippen LogP contribution is 2.15. The molecular weight excluding hydrogens is 312 g/mol. The summed E-state index contributed by atoms with van der Waals surface area (Å²) >= 11 is 0. The number of nitrogens with one attached hydrogen (secondary N) is 2. The van der Waals surface area contributed by atoms with Gasteiger partial charge in [-0.3, -0.25) is 4.79 Å². The van der Waals surface area contributed by atoms with E-state index in [0.29, 0.717) is 24.0 Å². The van der Waals surface area contributed by atoms with Crippen LogP contribution in [-0.2, 0) is 0 Å². The van der Waals surface area contributed by atoms with Crippen molar-refractivity contribution in [1.82, 2.24) is 10.6 Å². The number of piperidine rings is 1. The van der Waals surface area contributed by atoms with Gasteiger partial charge in [-0.15, -0.1) is 12.4 Å². The van der Waals surface area contributed by atoms with Gasteiger partial charge >= 0.3 is 0 Å². The van der Waals surface area contributed by atoms with Crippen molar-refractivity contribution in [2.24, 2.45) is 11.8 Å². The Kier molecular flexibility index (Phi) is 9.03. The molecule has 4 nitrogen and oxygen atoms in total. The lowest BCUT2D eigenvalue weighted by molar-refractivity contribution is 0.0950. The highest BCUT2D eigenvalue weighted by molar-refractivity contribution is 5.94. The van der Waals surface area contributed by atoms with Crippen LogP contribution in [0, 0.1) is 11.8 Å². The van der Waals surface area contributed by atoms with Crippen molar-refractivity contribution in [2.75, 3.05) is 26.2 Å². The zero-order valence-corrected chi connectivity index (χ0v) is 15.0. The lowest BCUT2D eigenvalue weighted by Gasteiger charge is -2.22. The minimum Gasteiger partial charge on any atom is -0.493 e. The van der Waals surface area contributed by atoms with Crippen LogP contribution in [0.1, 0.15) is 43.5 Å². The first-order chi connectivity index (χ1) is 10.6. The minimum absolute atomic E-state index is 0. The van der Waals surface area contributed by atoms with Crippen molar-refractivity contribution in [2.45, 2.75) is 33.1 Å². The van der Waals surface area contributed by atoms with E-state index in [4.69, 9.17) is 4.74 Å². The van der Waals surface area contributed by atoms with Gasteiger partial charge in [0.2, 0.25) is 0 Å². The maximum atomic E-state index is 12.2. The van der Waals surface area contributed by atoms with E-state index in [1.165, 1.54) is 12.8 Å². The van der Waals surface area contributed by atoms with Gasteiger partial charge in [0.15, 0.2) is 0 Å². The molecule has 0 radical (unpaired) electrons. The third kappa shape index (κ3) is 7.23. The second-order valence-corrected chi connectivity index (χ2v) is 6.49. The Hall–Kier alpha value is -1.26. The molecule has 1 aromatic carbocycles. The van der Waals surface area contributed by atoms with Gasteiger partial charge in [-0.25, -0.2) is 0 Å². The van der Waals surface area contributed by atoms with E-state index in [0.717, 1.165) is 31.8 Å². The Bertz CT molecular complexity index is 474. The van der Waals surface area contributed by atoms with Crippen LogP contribution in [0.5, 0.6) is 5.75 Å². The van der Waals surface area contributed by atoms with Crippen molar-refractivity contribution in [3.8, 4) is 5.75 Å². The molecular formula is C18H29ClN2O2. The highest BCUT2D eigenvalue weighted by Gasteiger charge is 2.13. The maximum absolute atomic E-state index is 12.2. The summed E-state index contributed by atoms with van der Waals surface area (Å²) in [4.78, 5) is 12.2. The second-order valence-electron chi connectivity index (χ2n) is 6.49. The standard InChI is InChI=1S/C18H28N2O2.ClH/c1-14(2)13-22-17-7-3-6-16(11-17)18(21)20-10-8-15-5-4-9-19-12-15;/h3,6-7,11,14-15,19H,4-5,8-10,12-13H2,1-2H3,(H,20,21);1H. The molecule has 0 spiro atoms. The highest BCUT2D eigenvalue weighted by atomic mass is 35.5. The van der Waals surface area contributed by atoms with Gasteiger partial charge in [-0.2, -0.15) is 0 Å². The Morgan fingerprint density at radius 1 is 1.43 bits per heavy atom. The average Bonchev–Trinajstić information content (AvgIpc) is 2.54. The molecule has 0 saturated carbocycles. The van der Waals surface area contributed by atoms with Crippen molar-refractivity contribution >= 4 is 18.3 Å². The largest absolute Gasteiger partial charge is 0.493 e. The van der Waals surface area contributed by atoms with Gasteiger partial charge in [0, 0.05) is 12.1 Å². The minimum atomic E-state index is -0.0150. The molecule has 23 heavy (non-hydrogen) atoms. The zero-order valence-electron chi connectivity index (χ0n) is 14.1. The lowest BCUT2D eigenvalue weighted by Crippen LogP contribution is -2.33. The number of ether oxygens (including phenoxy) is 1. The maximum Gasteiger partial charge on any atom is 0.251 e. The average molecular weight is 341 g/mol. The van der Waals surface area contributed by atoms with Crippen LogP contribution in [0.2, 0.25) is 0 Å². The van der Waals surface area contributed by atoms with E-state index in [1.807, 2.05) is 24.3 Å². The lowest BCUT2D eigenvalue weighted by atomic mass is 9.96. The summed E-state index contributed by atoms with van der Waals surface area (Å²) in [6, 6.07) is 7.42. The van der Waals surface area contributed by atoms with E-state index in [1.54, 1.807) is 0 Å². The molecule has 2 rings (SSSR count). The summed E-state index contributed by atoms with van der Waals surface area (Å²) in [6.07, 6.45) is 3.55. The molecule has 1 aliphatic heterocycles. The third-order valence-electron chi connectivity index (χ3n) is 3.92. The summed E-state index contributed by atoms with van der Waals surface area (Å²) in [5.74, 6) is 1.91. The van der Waals surface area contributed by atoms with Crippen LogP contribution < -0.4 is 15.4 Å². The molecule has 5 heteroatoms. The van der Waals surface area contributed by atoms with Crippen LogP contribution >= 0.6 is 12.4 Å². The first-order valence-electron chi connectivity index (χ1n) is 8.37. The fourth-order valence-corrected chi connectivity index (χ4v) is 2.65. The van der Waals surface area contributed by atoms with Crippen LogP contribution in [0.4, 0.5) is 0 Å². The number of amides is 1. The topological polar surface area (TPSA) is 50.4 Å². The first kappa shape index (κ1) is 19.8. The third-order valence-corrected chi connectivity index (χ3v) is 3.92. The Morgan fingerprint density at radius 2 is 2.26 bits per heavy atom. The summed E-state index contributed by atoms with van der Waals surface area (Å²) in [5.41, 5.74) is 0.669. The van der Waals surface area contributed by atoms with E-state index in [9.17, 15) is 4.79 Å². The van der Waals surface area contributed by atoms with E-state index in [2.05, 4.69) is 24.5 Å². The molecule has 1 aromatic rings. The first-order valence-corrected chi connectivity index (χ1v) is 8.37. The smallest absolute Gasteiger partial charge is 0.251 e. The van der Waals surface area contributed by atoms with Gasteiger partial charge in [0.25, 0.3) is 5.91 Å². The number of rotatable bonds is 7. The van der Waals surface area contributed by atoms with Crippen molar-refractivity contribution < 1.29 is 9.53 Å². The second kappa shape index (κ2) is 10.5. The normalized spacial score (nSPS) is 17.4. The fourth-order valence-electron chi connectivity index (χ4n) is 2.65. The number of carbonyl (C=O) groups excluding carboxylic acids is 1. The van der Waals surface area contributed by atoms with Gasteiger partial charge in [0.05, 0.1) is 6.61 Å². The summed E-state index contributed by atoms with van der Waals surface area (Å²) in [6.45, 7) is 7.83. The van der Waals surface area contributed by atoms with Crippen molar-refractivity contribution in [3.63, 3.8) is 0 Å². The van der Waals surface area contributed by atoms with Gasteiger partial charge in [0.1, 0.15) is 5.75 Å². The molecule has 1 fully saturated rings. The summed E-state index contributed by atoms with van der Waals surface area (Å²) in [7, 11) is 0. The Morgan fingerprint density at radius 3 is 2.96 bits per heavy atom. The fraction of sp³-hybridized carbons (Fsp3) is 0.611. The van der Waals surface area contributed by atoms with Crippen LogP contribution in [0.3, 0.4) is 0 Å². The van der Waals surface area contributed by atoms with E-state index >= 15 is 0 Å². The number of carbonyl (C=O) groups is 1. The number of hydrogen-bond acceptors (Lipinski definition) is 3. The molecule has 1 heterocycles. The molecule has 0 bridgehead atoms. The van der Waals surface area contributed by atoms with Crippen LogP contribution in [-0.4, -0.2) is 32.1 Å². The quantitative estimate of drug-likeness (QED) is 0.801. The van der Waals surface area contributed by atoms with Gasteiger partial charge < -0.3 is 15.4 Å². The van der Waals surface area contributed by atoms with Crippen LogP contribution in [0.15, 0.2) is 24.3 Å². The molecule has 0 aliphatic carbocycles. The number of hydrogen-bond donors (Lipinski definition) is 2. The molecule has 1 atom stereocenters. The summed E-state index contributed by atoms with van der Waals surface area (Å²) < 4.78 is 5.67. The molecule has 0 aromatic heterocycles. The molecule has 2 N–H and O–H groups in total. The van der Waals surface area contributed by atoms with Crippen LogP contribution in [0.25, 0.3) is 0 Å². The predicted octanol–water partition coefficient (Wildman–Crippen LogP) is 3.26. The van der Waals surface area contributed by atoms with Crippen molar-refractivity contribution in [3.05, 3.63) is 29.8 Å². The van der Waals surface area contributed by atoms with Gasteiger partial charge in [-0.1, -0.05) is 19.9 Å². The van der Waals surface area contributed by atoms with Gasteiger partial charge in [-0.05, 0) is 62.4 Å². The monoisotopic (exact) mass is 340 g/mol. The molecule has 1 amide bonds. The zero-order chi connectivity index (χ0) is 15.8. The number of benzene rings is 1. The summed E-state index contributed by atoms with van der Waals surface area (Å²) in [5, 5.41) is 6.42. The SMILES string of the molecule is CC(C)COc1cccc(C(=O)NCCC2CCCNC2)c1.Cl. The van der Waals surface area contributed by atoms with E-state index < -0.39 is 0 Å². The molecule has 1 unspecified atom stereocenters. The predicted molar refractivity (Wildman–Crippen MR) is 96.6 cm³/mol. The van der Waals surface area contributed by atoms with E-state index in [-0.39, 0.29) is 18.3 Å². The number of halogens is 1. The molecule has 1 saturated heterocycles. The van der Waals surface area contributed by atoms with Crippen molar-refractivity contribution in [1.29, 1.82) is 0 Å². The Balaban J connectivity index is 0.00000264.